The third-order valence-electron chi connectivity index (χ3n) is 1.99. The number of amides is 2. The van der Waals surface area contributed by atoms with Gasteiger partial charge in [0.05, 0.1) is 5.69 Å². The Morgan fingerprint density at radius 1 is 1.50 bits per heavy atom. The molecule has 0 fully saturated rings. The summed E-state index contributed by atoms with van der Waals surface area (Å²) in [5.74, 6) is -0.382. The van der Waals surface area contributed by atoms with Gasteiger partial charge in [0.2, 0.25) is 0 Å². The minimum atomic E-state index is -0.382. The lowest BCUT2D eigenvalue weighted by Crippen LogP contribution is -2.29. The van der Waals surface area contributed by atoms with E-state index in [1.807, 2.05) is 6.92 Å². The Balaban J connectivity index is 2.52. The summed E-state index contributed by atoms with van der Waals surface area (Å²) >= 11 is 3.23. The molecule has 1 aromatic rings. The molecule has 16 heavy (non-hydrogen) atoms. The summed E-state index contributed by atoms with van der Waals surface area (Å²) in [6, 6.07) is 3.82. The average molecular weight is 289 g/mol. The number of hydrogen-bond acceptors (Lipinski definition) is 1. The maximum absolute atomic E-state index is 12.9. The third-order valence-corrected chi connectivity index (χ3v) is 2.68. The molecule has 0 bridgehead atoms. The normalized spacial score (nSPS) is 9.94. The molecule has 0 heterocycles. The van der Waals surface area contributed by atoms with Gasteiger partial charge < -0.3 is 10.6 Å². The lowest BCUT2D eigenvalue weighted by molar-refractivity contribution is 0.252. The quantitative estimate of drug-likeness (QED) is 0.818. The van der Waals surface area contributed by atoms with Gasteiger partial charge in [0.15, 0.2) is 0 Å². The first kappa shape index (κ1) is 13.0. The van der Waals surface area contributed by atoms with Crippen molar-refractivity contribution < 1.29 is 9.18 Å². The Morgan fingerprint density at radius 3 is 2.94 bits per heavy atom. The molecule has 0 aliphatic carbocycles. The second kappa shape index (κ2) is 6.48. The van der Waals surface area contributed by atoms with E-state index in [9.17, 15) is 9.18 Å². The van der Waals surface area contributed by atoms with E-state index in [-0.39, 0.29) is 11.8 Å². The van der Waals surface area contributed by atoms with Crippen LogP contribution in [0.15, 0.2) is 22.7 Å². The lowest BCUT2D eigenvalue weighted by atomic mass is 10.3. The van der Waals surface area contributed by atoms with E-state index >= 15 is 0 Å². The van der Waals surface area contributed by atoms with Gasteiger partial charge in [-0.3, -0.25) is 0 Å². The number of urea groups is 1. The van der Waals surface area contributed by atoms with Gasteiger partial charge in [-0.05, 0) is 40.5 Å². The molecule has 0 aliphatic rings. The van der Waals surface area contributed by atoms with Gasteiger partial charge in [0.25, 0.3) is 0 Å². The highest BCUT2D eigenvalue weighted by Gasteiger charge is 2.05. The van der Waals surface area contributed by atoms with Crippen LogP contribution in [0, 0.1) is 5.82 Å². The van der Waals surface area contributed by atoms with Crippen molar-refractivity contribution in [3.8, 4) is 0 Å². The van der Waals surface area contributed by atoms with Gasteiger partial charge in [-0.2, -0.15) is 0 Å². The number of carbonyl (C=O) groups is 1. The number of carbonyl (C=O) groups excluding carboxylic acids is 1. The number of anilines is 1. The highest BCUT2D eigenvalue weighted by atomic mass is 79.9. The van der Waals surface area contributed by atoms with E-state index in [2.05, 4.69) is 26.6 Å². The van der Waals surface area contributed by atoms with Gasteiger partial charge in [-0.15, -0.1) is 0 Å². The van der Waals surface area contributed by atoms with Crippen LogP contribution in [0.1, 0.15) is 19.8 Å². The van der Waals surface area contributed by atoms with Crippen molar-refractivity contribution in [2.75, 3.05) is 11.9 Å². The molecule has 0 radical (unpaired) electrons. The molecule has 88 valence electrons. The van der Waals surface area contributed by atoms with Crippen molar-refractivity contribution in [2.24, 2.45) is 0 Å². The second-order valence-electron chi connectivity index (χ2n) is 3.36. The zero-order valence-electron chi connectivity index (χ0n) is 9.02. The monoisotopic (exact) mass is 288 g/mol. The molecule has 0 atom stereocenters. The molecule has 0 aliphatic heterocycles. The van der Waals surface area contributed by atoms with Crippen LogP contribution in [0.25, 0.3) is 0 Å². The molecule has 0 saturated heterocycles. The average Bonchev–Trinajstić information content (AvgIpc) is 2.24. The molecule has 2 N–H and O–H groups in total. The molecular weight excluding hydrogens is 275 g/mol. The lowest BCUT2D eigenvalue weighted by Gasteiger charge is -2.08. The molecule has 0 unspecified atom stereocenters. The molecule has 0 spiro atoms. The van der Waals surface area contributed by atoms with E-state index in [1.165, 1.54) is 12.1 Å². The van der Waals surface area contributed by atoms with E-state index < -0.39 is 0 Å². The van der Waals surface area contributed by atoms with Crippen LogP contribution < -0.4 is 10.6 Å². The fraction of sp³-hybridized carbons (Fsp3) is 0.364. The van der Waals surface area contributed by atoms with E-state index in [0.717, 1.165) is 12.8 Å². The highest BCUT2D eigenvalue weighted by molar-refractivity contribution is 9.10. The minimum absolute atomic E-state index is 0.320. The number of hydrogen-bond donors (Lipinski definition) is 2. The minimum Gasteiger partial charge on any atom is -0.338 e. The molecule has 1 rings (SSSR count). The Hall–Kier alpha value is -1.10. The smallest absolute Gasteiger partial charge is 0.319 e. The second-order valence-corrected chi connectivity index (χ2v) is 4.21. The third kappa shape index (κ3) is 4.18. The van der Waals surface area contributed by atoms with Crippen LogP contribution in [0.3, 0.4) is 0 Å². The summed E-state index contributed by atoms with van der Waals surface area (Å²) in [6.07, 6.45) is 1.95. The van der Waals surface area contributed by atoms with E-state index in [1.54, 1.807) is 6.07 Å². The SMILES string of the molecule is CCCCNC(=O)Nc1cc(F)ccc1Br. The molecule has 2 amide bonds. The predicted molar refractivity (Wildman–Crippen MR) is 66.0 cm³/mol. The first-order chi connectivity index (χ1) is 7.63. The fourth-order valence-corrected chi connectivity index (χ4v) is 1.48. The van der Waals surface area contributed by atoms with Crippen molar-refractivity contribution in [1.29, 1.82) is 0 Å². The molecular formula is C11H14BrFN2O. The van der Waals surface area contributed by atoms with Crippen LogP contribution in [-0.4, -0.2) is 12.6 Å². The van der Waals surface area contributed by atoms with E-state index in [0.29, 0.717) is 16.7 Å². The van der Waals surface area contributed by atoms with Gasteiger partial charge in [0, 0.05) is 11.0 Å². The first-order valence-corrected chi connectivity index (χ1v) is 5.92. The van der Waals surface area contributed by atoms with Crippen molar-refractivity contribution in [3.05, 3.63) is 28.5 Å². The fourth-order valence-electron chi connectivity index (χ4n) is 1.14. The summed E-state index contributed by atoms with van der Waals surface area (Å²) in [4.78, 5) is 11.4. The Bertz CT molecular complexity index is 371. The summed E-state index contributed by atoms with van der Waals surface area (Å²) in [7, 11) is 0. The van der Waals surface area contributed by atoms with Crippen LogP contribution in [0.2, 0.25) is 0 Å². The van der Waals surface area contributed by atoms with Crippen LogP contribution in [0.4, 0.5) is 14.9 Å². The topological polar surface area (TPSA) is 41.1 Å². The Morgan fingerprint density at radius 2 is 2.25 bits per heavy atom. The Labute approximate surface area is 103 Å². The first-order valence-electron chi connectivity index (χ1n) is 5.13. The number of nitrogens with one attached hydrogen (secondary N) is 2. The van der Waals surface area contributed by atoms with Gasteiger partial charge in [-0.1, -0.05) is 13.3 Å². The Kier molecular flexibility index (Phi) is 5.25. The maximum Gasteiger partial charge on any atom is 0.319 e. The summed E-state index contributed by atoms with van der Waals surface area (Å²) in [6.45, 7) is 2.66. The largest absolute Gasteiger partial charge is 0.338 e. The summed E-state index contributed by atoms with van der Waals surface area (Å²) in [5, 5.41) is 5.26. The molecule has 1 aromatic carbocycles. The van der Waals surface area contributed by atoms with Crippen molar-refractivity contribution in [3.63, 3.8) is 0 Å². The zero-order chi connectivity index (χ0) is 12.0. The number of rotatable bonds is 4. The van der Waals surface area contributed by atoms with Crippen LogP contribution in [0.5, 0.6) is 0 Å². The highest BCUT2D eigenvalue weighted by Crippen LogP contribution is 2.22. The number of benzene rings is 1. The van der Waals surface area contributed by atoms with Gasteiger partial charge in [0.1, 0.15) is 5.82 Å². The zero-order valence-corrected chi connectivity index (χ0v) is 10.6. The molecule has 3 nitrogen and oxygen atoms in total. The van der Waals surface area contributed by atoms with Crippen molar-refractivity contribution in [2.45, 2.75) is 19.8 Å². The van der Waals surface area contributed by atoms with Gasteiger partial charge >= 0.3 is 6.03 Å². The van der Waals surface area contributed by atoms with Crippen LogP contribution in [-0.2, 0) is 0 Å². The number of unbranched alkanes of at least 4 members (excludes halogenated alkanes) is 1. The van der Waals surface area contributed by atoms with Crippen molar-refractivity contribution >= 4 is 27.6 Å². The van der Waals surface area contributed by atoms with Crippen molar-refractivity contribution in [1.82, 2.24) is 5.32 Å². The van der Waals surface area contributed by atoms with Crippen LogP contribution >= 0.6 is 15.9 Å². The van der Waals surface area contributed by atoms with E-state index in [4.69, 9.17) is 0 Å². The number of halogens is 2. The summed E-state index contributed by atoms with van der Waals surface area (Å²) in [5.41, 5.74) is 0.425. The molecule has 0 aromatic heterocycles. The summed E-state index contributed by atoms with van der Waals surface area (Å²) < 4.78 is 13.6. The predicted octanol–water partition coefficient (Wildman–Crippen LogP) is 3.51. The van der Waals surface area contributed by atoms with Gasteiger partial charge in [-0.25, -0.2) is 9.18 Å². The molecule has 5 heteroatoms. The molecule has 0 saturated carbocycles. The maximum atomic E-state index is 12.9. The standard InChI is InChI=1S/C11H14BrFN2O/c1-2-3-6-14-11(16)15-10-7-8(13)4-5-9(10)12/h4-5,7H,2-3,6H2,1H3,(H2,14,15,16).